The van der Waals surface area contributed by atoms with E-state index in [-0.39, 0.29) is 18.0 Å². The Bertz CT molecular complexity index is 1270. The zero-order valence-electron chi connectivity index (χ0n) is 18.0. The van der Waals surface area contributed by atoms with Gasteiger partial charge in [0.15, 0.2) is 6.10 Å². The van der Waals surface area contributed by atoms with Crippen LogP contribution in [0.15, 0.2) is 83.3 Å². The second-order valence-electron chi connectivity index (χ2n) is 7.36. The van der Waals surface area contributed by atoms with Gasteiger partial charge in [-0.1, -0.05) is 43.3 Å². The lowest BCUT2D eigenvalue weighted by molar-refractivity contribution is -0.137. The van der Waals surface area contributed by atoms with Gasteiger partial charge in [0.05, 0.1) is 11.1 Å². The topological polar surface area (TPSA) is 77.2 Å². The first-order chi connectivity index (χ1) is 16.3. The summed E-state index contributed by atoms with van der Waals surface area (Å²) in [4.78, 5) is 12.8. The van der Waals surface area contributed by atoms with Crippen molar-refractivity contribution in [3.05, 3.63) is 84.4 Å². The molecule has 0 aliphatic heterocycles. The molecule has 0 saturated carbocycles. The Hall–Kier alpha value is -4.14. The third-order valence-corrected chi connectivity index (χ3v) is 4.95. The van der Waals surface area contributed by atoms with E-state index in [0.29, 0.717) is 17.2 Å². The third-order valence-electron chi connectivity index (χ3n) is 4.95. The summed E-state index contributed by atoms with van der Waals surface area (Å²) >= 11 is 0. The van der Waals surface area contributed by atoms with Crippen LogP contribution in [0.1, 0.15) is 18.9 Å². The van der Waals surface area contributed by atoms with Crippen LogP contribution in [-0.2, 0) is 11.0 Å². The van der Waals surface area contributed by atoms with Crippen molar-refractivity contribution >= 4 is 11.6 Å². The monoisotopic (exact) mass is 467 g/mol. The minimum atomic E-state index is -4.51. The molecule has 0 radical (unpaired) electrons. The van der Waals surface area contributed by atoms with Crippen molar-refractivity contribution in [1.82, 2.24) is 10.2 Å². The van der Waals surface area contributed by atoms with Crippen LogP contribution in [0.2, 0.25) is 0 Å². The van der Waals surface area contributed by atoms with Crippen LogP contribution >= 0.6 is 0 Å². The number of hydrogen-bond donors (Lipinski definition) is 1. The number of carbonyl (C=O) groups excluding carboxylic acids is 1. The number of ether oxygens (including phenoxy) is 1. The fraction of sp³-hybridized carbons (Fsp3) is 0.160. The Kier molecular flexibility index (Phi) is 6.62. The van der Waals surface area contributed by atoms with E-state index >= 15 is 0 Å². The molecule has 1 amide bonds. The highest BCUT2D eigenvalue weighted by Crippen LogP contribution is 2.33. The number of halogens is 3. The van der Waals surface area contributed by atoms with Gasteiger partial charge in [0.25, 0.3) is 11.8 Å². The van der Waals surface area contributed by atoms with E-state index in [1.54, 1.807) is 31.2 Å². The molecular formula is C25H20F3N3O3. The summed E-state index contributed by atoms with van der Waals surface area (Å²) in [5.41, 5.74) is 0.420. The lowest BCUT2D eigenvalue weighted by Gasteiger charge is -2.19. The van der Waals surface area contributed by atoms with Crippen LogP contribution in [0.4, 0.5) is 18.9 Å². The Morgan fingerprint density at radius 3 is 2.41 bits per heavy atom. The molecule has 0 aliphatic rings. The smallest absolute Gasteiger partial charge is 0.416 e. The van der Waals surface area contributed by atoms with E-state index in [4.69, 9.17) is 9.15 Å². The number of nitrogens with zero attached hydrogens (tertiary/aromatic N) is 2. The van der Waals surface area contributed by atoms with Crippen LogP contribution in [0.25, 0.3) is 22.9 Å². The van der Waals surface area contributed by atoms with Crippen molar-refractivity contribution in [2.24, 2.45) is 0 Å². The van der Waals surface area contributed by atoms with E-state index in [0.717, 1.165) is 17.7 Å². The highest BCUT2D eigenvalue weighted by atomic mass is 19.4. The molecule has 0 bridgehead atoms. The zero-order valence-corrected chi connectivity index (χ0v) is 18.0. The van der Waals surface area contributed by atoms with E-state index in [1.807, 2.05) is 30.3 Å². The Labute approximate surface area is 193 Å². The number of para-hydroxylation sites is 1. The van der Waals surface area contributed by atoms with Gasteiger partial charge in [-0.25, -0.2) is 0 Å². The second-order valence-corrected chi connectivity index (χ2v) is 7.36. The predicted molar refractivity (Wildman–Crippen MR) is 120 cm³/mol. The average molecular weight is 467 g/mol. The fourth-order valence-corrected chi connectivity index (χ4v) is 3.25. The van der Waals surface area contributed by atoms with Crippen LogP contribution < -0.4 is 10.1 Å². The van der Waals surface area contributed by atoms with Crippen molar-refractivity contribution in [1.29, 1.82) is 0 Å². The molecule has 9 heteroatoms. The summed E-state index contributed by atoms with van der Waals surface area (Å²) in [7, 11) is 0. The van der Waals surface area contributed by atoms with Gasteiger partial charge in [0.2, 0.25) is 5.89 Å². The van der Waals surface area contributed by atoms with Crippen molar-refractivity contribution in [3.63, 3.8) is 0 Å². The second kappa shape index (κ2) is 9.78. The first-order valence-corrected chi connectivity index (χ1v) is 10.5. The standard InChI is InChI=1S/C25H20F3N3O3/c1-2-20(22(32)29-18-12-8-11-17(15-18)25(26,27)28)33-21-14-7-6-13-19(21)24-31-30-23(34-24)16-9-4-3-5-10-16/h3-15,20H,2H2,1H3,(H,29,32). The normalized spacial score (nSPS) is 12.2. The van der Waals surface area contributed by atoms with Crippen LogP contribution in [0.3, 0.4) is 0 Å². The number of rotatable bonds is 7. The molecule has 4 aromatic rings. The van der Waals surface area contributed by atoms with Gasteiger partial charge >= 0.3 is 6.18 Å². The first kappa shape index (κ1) is 23.0. The summed E-state index contributed by atoms with van der Waals surface area (Å²) < 4.78 is 50.7. The molecule has 1 N–H and O–H groups in total. The van der Waals surface area contributed by atoms with Crippen molar-refractivity contribution in [2.45, 2.75) is 25.6 Å². The van der Waals surface area contributed by atoms with E-state index in [2.05, 4.69) is 15.5 Å². The van der Waals surface area contributed by atoms with E-state index < -0.39 is 23.8 Å². The number of anilines is 1. The Balaban J connectivity index is 1.53. The minimum absolute atomic E-state index is 0.0274. The lowest BCUT2D eigenvalue weighted by Crippen LogP contribution is -2.32. The first-order valence-electron chi connectivity index (χ1n) is 10.5. The molecule has 1 heterocycles. The molecular weight excluding hydrogens is 447 g/mol. The Morgan fingerprint density at radius 1 is 0.971 bits per heavy atom. The van der Waals surface area contributed by atoms with Crippen molar-refractivity contribution in [2.75, 3.05) is 5.32 Å². The summed E-state index contributed by atoms with van der Waals surface area (Å²) in [5, 5.41) is 10.7. The number of hydrogen-bond acceptors (Lipinski definition) is 5. The molecule has 1 unspecified atom stereocenters. The lowest BCUT2D eigenvalue weighted by atomic mass is 10.1. The van der Waals surface area contributed by atoms with Gasteiger partial charge in [0.1, 0.15) is 5.75 Å². The van der Waals surface area contributed by atoms with Gasteiger partial charge in [-0.3, -0.25) is 4.79 Å². The molecule has 4 rings (SSSR count). The molecule has 3 aromatic carbocycles. The van der Waals surface area contributed by atoms with Crippen LogP contribution in [-0.4, -0.2) is 22.2 Å². The molecule has 0 spiro atoms. The number of aromatic nitrogens is 2. The van der Waals surface area contributed by atoms with Crippen LogP contribution in [0.5, 0.6) is 5.75 Å². The number of alkyl halides is 3. The summed E-state index contributed by atoms with van der Waals surface area (Å²) in [6.07, 6.45) is -5.20. The Morgan fingerprint density at radius 2 is 1.68 bits per heavy atom. The molecule has 1 atom stereocenters. The molecule has 6 nitrogen and oxygen atoms in total. The highest BCUT2D eigenvalue weighted by molar-refractivity contribution is 5.94. The van der Waals surface area contributed by atoms with Gasteiger partial charge in [-0.05, 0) is 48.9 Å². The fourth-order valence-electron chi connectivity index (χ4n) is 3.25. The summed E-state index contributed by atoms with van der Waals surface area (Å²) in [5.74, 6) is 0.297. The summed E-state index contributed by atoms with van der Waals surface area (Å²) in [6.45, 7) is 1.74. The molecule has 1 aromatic heterocycles. The molecule has 0 saturated heterocycles. The number of nitrogens with one attached hydrogen (secondary N) is 1. The van der Waals surface area contributed by atoms with Crippen molar-refractivity contribution < 1.29 is 27.1 Å². The minimum Gasteiger partial charge on any atom is -0.480 e. The highest BCUT2D eigenvalue weighted by Gasteiger charge is 2.31. The van der Waals surface area contributed by atoms with Crippen molar-refractivity contribution in [3.8, 4) is 28.7 Å². The number of amides is 1. The van der Waals surface area contributed by atoms with Gasteiger partial charge < -0.3 is 14.5 Å². The predicted octanol–water partition coefficient (Wildman–Crippen LogP) is 6.22. The largest absolute Gasteiger partial charge is 0.480 e. The van der Waals surface area contributed by atoms with Gasteiger partial charge in [-0.15, -0.1) is 10.2 Å². The number of benzene rings is 3. The van der Waals surface area contributed by atoms with E-state index in [1.165, 1.54) is 12.1 Å². The molecule has 0 aliphatic carbocycles. The van der Waals surface area contributed by atoms with Gasteiger partial charge in [-0.2, -0.15) is 13.2 Å². The summed E-state index contributed by atoms with van der Waals surface area (Å²) in [6, 6.07) is 20.5. The maximum absolute atomic E-state index is 13.0. The molecule has 0 fully saturated rings. The van der Waals surface area contributed by atoms with Gasteiger partial charge in [0, 0.05) is 11.3 Å². The molecule has 174 valence electrons. The molecule has 34 heavy (non-hydrogen) atoms. The number of carbonyl (C=O) groups is 1. The van der Waals surface area contributed by atoms with E-state index in [9.17, 15) is 18.0 Å². The SMILES string of the molecule is CCC(Oc1ccccc1-c1nnc(-c2ccccc2)o1)C(=O)Nc1cccc(C(F)(F)F)c1. The third kappa shape index (κ3) is 5.25. The quantitative estimate of drug-likeness (QED) is 0.349. The maximum atomic E-state index is 13.0. The zero-order chi connectivity index (χ0) is 24.1. The van der Waals surface area contributed by atoms with Crippen LogP contribution in [0, 0.1) is 0 Å². The maximum Gasteiger partial charge on any atom is 0.416 e. The average Bonchev–Trinajstić information content (AvgIpc) is 3.33.